The number of benzene rings is 6. The first-order chi connectivity index (χ1) is 24.1. The van der Waals surface area contributed by atoms with Crippen molar-refractivity contribution >= 4 is 27.5 Å². The number of aryl methyl sites for hydroxylation is 2. The first kappa shape index (κ1) is 31.9. The summed E-state index contributed by atoms with van der Waals surface area (Å²) >= 11 is 0. The van der Waals surface area contributed by atoms with Gasteiger partial charge in [0.2, 0.25) is 0 Å². The molecule has 0 radical (unpaired) electrons. The summed E-state index contributed by atoms with van der Waals surface area (Å²) in [5, 5.41) is 13.0. The maximum atomic E-state index is 10.6. The Labute approximate surface area is 295 Å². The van der Waals surface area contributed by atoms with Gasteiger partial charge in [0, 0.05) is 21.9 Å². The van der Waals surface area contributed by atoms with Crippen molar-refractivity contribution in [3.05, 3.63) is 155 Å². The van der Waals surface area contributed by atoms with Gasteiger partial charge in [0.05, 0.1) is 0 Å². The first-order valence-corrected chi connectivity index (χ1v) is 17.8. The number of aromatic hydroxyl groups is 1. The first-order valence-electron chi connectivity index (χ1n) is 17.8. The van der Waals surface area contributed by atoms with Crippen molar-refractivity contribution in [3.8, 4) is 39.1 Å². The number of hydrogen-bond acceptors (Lipinski definition) is 2. The summed E-state index contributed by atoms with van der Waals surface area (Å²) in [6.45, 7) is 13.8. The van der Waals surface area contributed by atoms with Gasteiger partial charge in [-0.2, -0.15) is 0 Å². The fraction of sp³-hybridized carbons (Fsp3) is 0.208. The number of allylic oxidation sites excluding steroid dienone is 2. The van der Waals surface area contributed by atoms with E-state index in [9.17, 15) is 5.11 Å². The van der Waals surface area contributed by atoms with E-state index in [0.29, 0.717) is 17.6 Å². The molecule has 0 fully saturated rings. The SMILES string of the molecule is Cc1cc(-c2cccc3c2oc2ccccc23)c(C)cc1-c1cccc(C2CC(C)(C)C(c3cccc(-c4ccccc4O)c3C)=CC2C)c1. The Balaban J connectivity index is 1.13. The van der Waals surface area contributed by atoms with Crippen LogP contribution in [-0.2, 0) is 0 Å². The van der Waals surface area contributed by atoms with E-state index in [1.54, 1.807) is 6.07 Å². The van der Waals surface area contributed by atoms with Crippen molar-refractivity contribution in [2.24, 2.45) is 11.3 Å². The lowest BCUT2D eigenvalue weighted by atomic mass is 9.63. The summed E-state index contributed by atoms with van der Waals surface area (Å²) in [5.41, 5.74) is 16.5. The van der Waals surface area contributed by atoms with Gasteiger partial charge in [0.25, 0.3) is 0 Å². The Morgan fingerprint density at radius 2 is 1.26 bits per heavy atom. The molecular formula is C48H44O2. The van der Waals surface area contributed by atoms with Crippen LogP contribution < -0.4 is 0 Å². The van der Waals surface area contributed by atoms with Crippen molar-refractivity contribution in [1.29, 1.82) is 0 Å². The van der Waals surface area contributed by atoms with Crippen LogP contribution in [0.15, 0.2) is 132 Å². The van der Waals surface area contributed by atoms with Gasteiger partial charge in [-0.05, 0) is 112 Å². The van der Waals surface area contributed by atoms with Crippen LogP contribution in [-0.4, -0.2) is 5.11 Å². The second kappa shape index (κ2) is 12.2. The number of hydrogen-bond donors (Lipinski definition) is 1. The predicted octanol–water partition coefficient (Wildman–Crippen LogP) is 13.5. The maximum absolute atomic E-state index is 10.6. The Kier molecular flexibility index (Phi) is 7.79. The molecule has 2 unspecified atom stereocenters. The minimum Gasteiger partial charge on any atom is -0.507 e. The van der Waals surface area contributed by atoms with Crippen molar-refractivity contribution in [2.75, 3.05) is 0 Å². The highest BCUT2D eigenvalue weighted by Crippen LogP contribution is 2.52. The van der Waals surface area contributed by atoms with Crippen molar-refractivity contribution in [1.82, 2.24) is 0 Å². The lowest BCUT2D eigenvalue weighted by Gasteiger charge is -2.41. The zero-order valence-corrected chi connectivity index (χ0v) is 29.8. The van der Waals surface area contributed by atoms with Crippen molar-refractivity contribution in [3.63, 3.8) is 0 Å². The average Bonchev–Trinajstić information content (AvgIpc) is 3.50. The second-order valence-corrected chi connectivity index (χ2v) is 15.0. The highest BCUT2D eigenvalue weighted by molar-refractivity contribution is 6.09. The van der Waals surface area contributed by atoms with Crippen LogP contribution in [0.5, 0.6) is 5.75 Å². The molecule has 0 aliphatic heterocycles. The molecule has 1 aliphatic carbocycles. The summed E-state index contributed by atoms with van der Waals surface area (Å²) in [4.78, 5) is 0. The lowest BCUT2D eigenvalue weighted by molar-refractivity contribution is 0.341. The number of para-hydroxylation sites is 3. The molecule has 2 heteroatoms. The quantitative estimate of drug-likeness (QED) is 0.201. The normalized spacial score (nSPS) is 17.3. The molecule has 6 aromatic carbocycles. The lowest BCUT2D eigenvalue weighted by Crippen LogP contribution is -2.27. The smallest absolute Gasteiger partial charge is 0.143 e. The molecule has 0 bridgehead atoms. The Bertz CT molecular complexity index is 2450. The molecule has 0 saturated carbocycles. The van der Waals surface area contributed by atoms with Crippen LogP contribution in [0, 0.1) is 32.1 Å². The molecule has 0 spiro atoms. The van der Waals surface area contributed by atoms with E-state index in [-0.39, 0.29) is 5.41 Å². The molecular weight excluding hydrogens is 609 g/mol. The topological polar surface area (TPSA) is 33.4 Å². The van der Waals surface area contributed by atoms with Gasteiger partial charge in [-0.25, -0.2) is 0 Å². The fourth-order valence-corrected chi connectivity index (χ4v) is 8.56. The van der Waals surface area contributed by atoms with E-state index in [4.69, 9.17) is 4.42 Å². The Morgan fingerprint density at radius 3 is 2.10 bits per heavy atom. The minimum absolute atomic E-state index is 0.0267. The minimum atomic E-state index is -0.0267. The van der Waals surface area contributed by atoms with Crippen LogP contribution in [0.2, 0.25) is 0 Å². The Hall–Kier alpha value is -5.34. The van der Waals surface area contributed by atoms with Gasteiger partial charge in [-0.3, -0.25) is 0 Å². The maximum Gasteiger partial charge on any atom is 0.143 e. The van der Waals surface area contributed by atoms with Crippen molar-refractivity contribution < 1.29 is 9.52 Å². The third-order valence-corrected chi connectivity index (χ3v) is 11.2. The van der Waals surface area contributed by atoms with E-state index in [1.807, 2.05) is 24.3 Å². The predicted molar refractivity (Wildman–Crippen MR) is 211 cm³/mol. The van der Waals surface area contributed by atoms with Gasteiger partial charge in [-0.1, -0.05) is 136 Å². The van der Waals surface area contributed by atoms with Gasteiger partial charge < -0.3 is 9.52 Å². The van der Waals surface area contributed by atoms with Crippen molar-refractivity contribution in [2.45, 2.75) is 53.9 Å². The monoisotopic (exact) mass is 652 g/mol. The van der Waals surface area contributed by atoms with Gasteiger partial charge >= 0.3 is 0 Å². The van der Waals surface area contributed by atoms with E-state index in [1.165, 1.54) is 50.1 Å². The number of fused-ring (bicyclic) bond motifs is 3. The largest absolute Gasteiger partial charge is 0.507 e. The van der Waals surface area contributed by atoms with E-state index < -0.39 is 0 Å². The summed E-state index contributed by atoms with van der Waals surface area (Å²) in [6, 6.07) is 42.9. The number of furan rings is 1. The molecule has 7 aromatic rings. The van der Waals surface area contributed by atoms with Crippen LogP contribution in [0.1, 0.15) is 60.9 Å². The van der Waals surface area contributed by atoms with E-state index in [0.717, 1.165) is 45.0 Å². The molecule has 2 atom stereocenters. The van der Waals surface area contributed by atoms with Crippen LogP contribution in [0.25, 0.3) is 60.9 Å². The van der Waals surface area contributed by atoms with E-state index in [2.05, 4.69) is 139 Å². The van der Waals surface area contributed by atoms with E-state index >= 15 is 0 Å². The summed E-state index contributed by atoms with van der Waals surface area (Å²) in [7, 11) is 0. The van der Waals surface area contributed by atoms with Crippen LogP contribution in [0.3, 0.4) is 0 Å². The molecule has 1 aromatic heterocycles. The third-order valence-electron chi connectivity index (χ3n) is 11.2. The van der Waals surface area contributed by atoms with Crippen LogP contribution in [0.4, 0.5) is 0 Å². The molecule has 1 aliphatic rings. The molecule has 1 N–H and O–H groups in total. The van der Waals surface area contributed by atoms with Gasteiger partial charge in [-0.15, -0.1) is 0 Å². The Morgan fingerprint density at radius 1 is 0.620 bits per heavy atom. The summed E-state index contributed by atoms with van der Waals surface area (Å²) in [6.07, 6.45) is 3.57. The van der Waals surface area contributed by atoms with Gasteiger partial charge in [0.1, 0.15) is 16.9 Å². The fourth-order valence-electron chi connectivity index (χ4n) is 8.56. The zero-order valence-electron chi connectivity index (χ0n) is 29.8. The average molecular weight is 653 g/mol. The number of phenolic OH excluding ortho intramolecular Hbond substituents is 1. The summed E-state index contributed by atoms with van der Waals surface area (Å²) < 4.78 is 6.42. The molecule has 1 heterocycles. The summed E-state index contributed by atoms with van der Waals surface area (Å²) in [5.74, 6) is 1.10. The highest BCUT2D eigenvalue weighted by Gasteiger charge is 2.36. The molecule has 50 heavy (non-hydrogen) atoms. The molecule has 0 saturated heterocycles. The standard InChI is InChI=1S/C48H44O2/c1-29-25-42(40-21-13-20-39-38-17-8-10-23-46(38)50-47(39)40)30(2)24-41(29)33-14-11-15-34(27-33)43-28-48(5,6)44(26-31(43)3)36-19-12-18-35(32(36)4)37-16-7-9-22-45(37)49/h7-27,31,43,49H,28H2,1-6H3. The number of phenols is 1. The van der Waals surface area contributed by atoms with Crippen LogP contribution >= 0.6 is 0 Å². The third kappa shape index (κ3) is 5.35. The highest BCUT2D eigenvalue weighted by atomic mass is 16.3. The van der Waals surface area contributed by atoms with Gasteiger partial charge in [0.15, 0.2) is 0 Å². The molecule has 0 amide bonds. The zero-order chi connectivity index (χ0) is 34.7. The molecule has 248 valence electrons. The number of rotatable bonds is 5. The molecule has 8 rings (SSSR count). The molecule has 2 nitrogen and oxygen atoms in total. The second-order valence-electron chi connectivity index (χ2n) is 15.0.